The van der Waals surface area contributed by atoms with Crippen LogP contribution in [0.3, 0.4) is 0 Å². The van der Waals surface area contributed by atoms with Gasteiger partial charge >= 0.3 is 5.97 Å². The van der Waals surface area contributed by atoms with Crippen molar-refractivity contribution in [1.82, 2.24) is 0 Å². The molecule has 0 saturated heterocycles. The highest BCUT2D eigenvalue weighted by Gasteiger charge is 2.19. The Morgan fingerprint density at radius 2 is 2.20 bits per heavy atom. The highest BCUT2D eigenvalue weighted by atomic mass is 16.4. The summed E-state index contributed by atoms with van der Waals surface area (Å²) in [6.45, 7) is 1.50. The third kappa shape index (κ3) is 2.49. The Kier molecular flexibility index (Phi) is 3.47. The first-order chi connectivity index (χ1) is 4.59. The van der Waals surface area contributed by atoms with E-state index in [9.17, 15) is 4.79 Å². The molecule has 0 heterocycles. The molecular weight excluding hydrogens is 134 g/mol. The summed E-state index contributed by atoms with van der Waals surface area (Å²) in [6.07, 6.45) is -1.28. The standard InChI is InChI=1S/C6H9NO3/c1-2-3-4(8)5(7)6(9)10/h4-5,8H,7H2,1H3,(H,9,10). The van der Waals surface area contributed by atoms with Gasteiger partial charge in [-0.1, -0.05) is 5.92 Å². The molecule has 0 aromatic heterocycles. The first-order valence-electron chi connectivity index (χ1n) is 2.68. The molecule has 56 valence electrons. The molecule has 0 aromatic carbocycles. The van der Waals surface area contributed by atoms with E-state index in [1.807, 2.05) is 0 Å². The van der Waals surface area contributed by atoms with Gasteiger partial charge in [-0.05, 0) is 6.92 Å². The SMILES string of the molecule is CC#CC(O)C(N)C(=O)O. The van der Waals surface area contributed by atoms with E-state index in [0.29, 0.717) is 0 Å². The van der Waals surface area contributed by atoms with Gasteiger partial charge in [0, 0.05) is 0 Å². The fourth-order valence-electron chi connectivity index (χ4n) is 0.373. The minimum Gasteiger partial charge on any atom is -0.480 e. The number of carboxylic acids is 1. The van der Waals surface area contributed by atoms with Crippen LogP contribution in [0.15, 0.2) is 0 Å². The van der Waals surface area contributed by atoms with Gasteiger partial charge in [-0.3, -0.25) is 4.79 Å². The summed E-state index contributed by atoms with van der Waals surface area (Å²) in [5, 5.41) is 17.0. The van der Waals surface area contributed by atoms with Crippen LogP contribution in [0.25, 0.3) is 0 Å². The van der Waals surface area contributed by atoms with Crippen LogP contribution in [0.2, 0.25) is 0 Å². The van der Waals surface area contributed by atoms with Crippen LogP contribution < -0.4 is 5.73 Å². The Bertz CT molecular complexity index is 179. The van der Waals surface area contributed by atoms with E-state index in [1.54, 1.807) is 0 Å². The molecule has 0 fully saturated rings. The maximum absolute atomic E-state index is 10.1. The molecule has 0 rings (SSSR count). The predicted molar refractivity (Wildman–Crippen MR) is 35.1 cm³/mol. The third-order valence-corrected chi connectivity index (χ3v) is 0.918. The van der Waals surface area contributed by atoms with Crippen molar-refractivity contribution in [3.05, 3.63) is 0 Å². The number of aliphatic carboxylic acids is 1. The molecule has 4 N–H and O–H groups in total. The Balaban J connectivity index is 4.02. The molecule has 4 heteroatoms. The minimum atomic E-state index is -1.31. The first-order valence-corrected chi connectivity index (χ1v) is 2.68. The Labute approximate surface area is 58.7 Å². The Morgan fingerprint density at radius 1 is 1.70 bits per heavy atom. The fourth-order valence-corrected chi connectivity index (χ4v) is 0.373. The van der Waals surface area contributed by atoms with Crippen molar-refractivity contribution in [1.29, 1.82) is 0 Å². The second-order valence-corrected chi connectivity index (χ2v) is 1.70. The minimum absolute atomic E-state index is 1.25. The van der Waals surface area contributed by atoms with Gasteiger partial charge in [-0.2, -0.15) is 0 Å². The maximum atomic E-state index is 10.1. The van der Waals surface area contributed by atoms with Crippen LogP contribution in [-0.4, -0.2) is 28.3 Å². The number of hydrogen-bond donors (Lipinski definition) is 3. The molecule has 2 unspecified atom stereocenters. The quantitative estimate of drug-likeness (QED) is 0.423. The topological polar surface area (TPSA) is 83.5 Å². The molecule has 0 amide bonds. The van der Waals surface area contributed by atoms with E-state index in [0.717, 1.165) is 0 Å². The smallest absolute Gasteiger partial charge is 0.324 e. The summed E-state index contributed by atoms with van der Waals surface area (Å²) in [7, 11) is 0. The average molecular weight is 143 g/mol. The van der Waals surface area contributed by atoms with Crippen LogP contribution in [0.4, 0.5) is 0 Å². The van der Waals surface area contributed by atoms with Crippen molar-refractivity contribution >= 4 is 5.97 Å². The van der Waals surface area contributed by atoms with Gasteiger partial charge in [0.15, 0.2) is 0 Å². The van der Waals surface area contributed by atoms with Gasteiger partial charge in [-0.25, -0.2) is 0 Å². The molecule has 4 nitrogen and oxygen atoms in total. The van der Waals surface area contributed by atoms with Gasteiger partial charge in [-0.15, -0.1) is 5.92 Å². The van der Waals surface area contributed by atoms with Crippen molar-refractivity contribution in [3.8, 4) is 11.8 Å². The van der Waals surface area contributed by atoms with Crippen LogP contribution in [0.5, 0.6) is 0 Å². The van der Waals surface area contributed by atoms with Crippen LogP contribution >= 0.6 is 0 Å². The molecular formula is C6H9NO3. The van der Waals surface area contributed by atoms with E-state index in [2.05, 4.69) is 11.8 Å². The zero-order chi connectivity index (χ0) is 8.15. The Morgan fingerprint density at radius 3 is 2.50 bits per heavy atom. The monoisotopic (exact) mass is 143 g/mol. The van der Waals surface area contributed by atoms with Gasteiger partial charge in [0.2, 0.25) is 0 Å². The Hall–Kier alpha value is -1.05. The van der Waals surface area contributed by atoms with Crippen molar-refractivity contribution in [2.75, 3.05) is 0 Å². The van der Waals surface area contributed by atoms with Gasteiger partial charge in [0.1, 0.15) is 12.1 Å². The number of aliphatic hydroxyl groups excluding tert-OH is 1. The highest BCUT2D eigenvalue weighted by Crippen LogP contribution is 1.87. The summed E-state index contributed by atoms with van der Waals surface area (Å²) in [6, 6.07) is -1.31. The lowest BCUT2D eigenvalue weighted by molar-refractivity contribution is -0.140. The van der Waals surface area contributed by atoms with Crippen molar-refractivity contribution < 1.29 is 15.0 Å². The number of rotatable bonds is 2. The van der Waals surface area contributed by atoms with E-state index in [-0.39, 0.29) is 0 Å². The van der Waals surface area contributed by atoms with Crippen LogP contribution in [0, 0.1) is 11.8 Å². The first kappa shape index (κ1) is 8.95. The lowest BCUT2D eigenvalue weighted by atomic mass is 10.2. The van der Waals surface area contributed by atoms with E-state index >= 15 is 0 Å². The zero-order valence-corrected chi connectivity index (χ0v) is 5.53. The summed E-state index contributed by atoms with van der Waals surface area (Å²) < 4.78 is 0. The van der Waals surface area contributed by atoms with Gasteiger partial charge in [0.05, 0.1) is 0 Å². The number of carbonyl (C=O) groups is 1. The molecule has 0 bridgehead atoms. The lowest BCUT2D eigenvalue weighted by Crippen LogP contribution is -2.40. The van der Waals surface area contributed by atoms with Crippen LogP contribution in [-0.2, 0) is 4.79 Å². The van der Waals surface area contributed by atoms with E-state index in [1.165, 1.54) is 6.92 Å². The summed E-state index contributed by atoms with van der Waals surface area (Å²) in [4.78, 5) is 10.1. The van der Waals surface area contributed by atoms with Crippen LogP contribution in [0.1, 0.15) is 6.92 Å². The zero-order valence-electron chi connectivity index (χ0n) is 5.53. The van der Waals surface area contributed by atoms with Gasteiger partial charge < -0.3 is 15.9 Å². The molecule has 0 saturated carbocycles. The molecule has 0 aliphatic rings. The fraction of sp³-hybridized carbons (Fsp3) is 0.500. The van der Waals surface area contributed by atoms with E-state index in [4.69, 9.17) is 15.9 Å². The molecule has 0 aromatic rings. The largest absolute Gasteiger partial charge is 0.480 e. The highest BCUT2D eigenvalue weighted by molar-refractivity contribution is 5.74. The predicted octanol–water partition coefficient (Wildman–Crippen LogP) is -1.22. The summed E-state index contributed by atoms with van der Waals surface area (Å²) >= 11 is 0. The normalized spacial score (nSPS) is 14.7. The third-order valence-electron chi connectivity index (χ3n) is 0.918. The second kappa shape index (κ2) is 3.88. The molecule has 0 spiro atoms. The molecule has 0 aliphatic carbocycles. The van der Waals surface area contributed by atoms with E-state index < -0.39 is 18.1 Å². The lowest BCUT2D eigenvalue weighted by Gasteiger charge is -2.06. The molecule has 2 atom stereocenters. The molecule has 10 heavy (non-hydrogen) atoms. The molecule has 0 radical (unpaired) electrons. The number of hydrogen-bond acceptors (Lipinski definition) is 3. The number of nitrogens with two attached hydrogens (primary N) is 1. The number of aliphatic hydroxyl groups is 1. The maximum Gasteiger partial charge on any atom is 0.324 e. The second-order valence-electron chi connectivity index (χ2n) is 1.70. The summed E-state index contributed by atoms with van der Waals surface area (Å²) in [5.41, 5.74) is 4.99. The molecule has 0 aliphatic heterocycles. The summed E-state index contributed by atoms with van der Waals surface area (Å²) in [5.74, 6) is 3.33. The van der Waals surface area contributed by atoms with Crippen molar-refractivity contribution in [2.24, 2.45) is 5.73 Å². The number of carboxylic acid groups (broad SMARTS) is 1. The van der Waals surface area contributed by atoms with Crippen molar-refractivity contribution in [2.45, 2.75) is 19.1 Å². The van der Waals surface area contributed by atoms with Gasteiger partial charge in [0.25, 0.3) is 0 Å². The average Bonchev–Trinajstić information content (AvgIpc) is 1.87. The van der Waals surface area contributed by atoms with Crippen molar-refractivity contribution in [3.63, 3.8) is 0 Å².